The molecule has 2 amide bonds. The van der Waals surface area contributed by atoms with Crippen molar-refractivity contribution in [1.29, 1.82) is 0 Å². The van der Waals surface area contributed by atoms with Crippen LogP contribution in [0, 0.1) is 0 Å². The average molecular weight is 363 g/mol. The molecular weight excluding hydrogens is 338 g/mol. The number of hydrogen-bond donors (Lipinski definition) is 2. The minimum atomic E-state index is -0.280. The molecule has 2 aromatic carbocycles. The van der Waals surface area contributed by atoms with Gasteiger partial charge in [0, 0.05) is 41.0 Å². The van der Waals surface area contributed by atoms with Crippen LogP contribution in [0.1, 0.15) is 25.8 Å². The third-order valence-corrected chi connectivity index (χ3v) is 4.54. The maximum Gasteiger partial charge on any atom is 0.244 e. The predicted molar refractivity (Wildman–Crippen MR) is 110 cm³/mol. The summed E-state index contributed by atoms with van der Waals surface area (Å²) in [7, 11) is 0. The van der Waals surface area contributed by atoms with Crippen LogP contribution in [0.3, 0.4) is 0 Å². The number of aromatic nitrogens is 1. The molecule has 0 saturated heterocycles. The minimum absolute atomic E-state index is 0.00774. The van der Waals surface area contributed by atoms with Crippen molar-refractivity contribution in [2.24, 2.45) is 0 Å². The molecule has 0 aliphatic carbocycles. The van der Waals surface area contributed by atoms with Gasteiger partial charge in [-0.1, -0.05) is 31.2 Å². The Balaban J connectivity index is 1.76. The van der Waals surface area contributed by atoms with Crippen molar-refractivity contribution in [3.05, 3.63) is 54.1 Å². The Bertz CT molecular complexity index is 1000. The first kappa shape index (κ1) is 18.7. The molecule has 140 valence electrons. The Labute approximate surface area is 159 Å². The molecule has 0 aliphatic heterocycles. The highest BCUT2D eigenvalue weighted by Gasteiger charge is 2.09. The molecule has 1 heterocycles. The molecule has 5 heteroatoms. The first-order valence-corrected chi connectivity index (χ1v) is 9.37. The number of para-hydroxylation sites is 1. The molecule has 0 aliphatic rings. The maximum atomic E-state index is 11.9. The predicted octanol–water partition coefficient (Wildman–Crippen LogP) is 3.47. The Kier molecular flexibility index (Phi) is 5.91. The number of nitrogens with one attached hydrogen (secondary N) is 2. The number of amides is 2. The quantitative estimate of drug-likeness (QED) is 0.632. The van der Waals surface area contributed by atoms with Gasteiger partial charge in [-0.2, -0.15) is 0 Å². The molecule has 0 spiro atoms. The molecule has 0 radical (unpaired) electrons. The molecule has 3 rings (SSSR count). The van der Waals surface area contributed by atoms with E-state index in [1.165, 1.54) is 27.9 Å². The molecule has 0 bridgehead atoms. The zero-order valence-corrected chi connectivity index (χ0v) is 15.8. The van der Waals surface area contributed by atoms with Crippen molar-refractivity contribution < 1.29 is 9.59 Å². The molecule has 3 aromatic rings. The van der Waals surface area contributed by atoms with E-state index in [2.05, 4.69) is 52.5 Å². The largest absolute Gasteiger partial charge is 0.355 e. The lowest BCUT2D eigenvalue weighted by atomic mass is 10.1. The summed E-state index contributed by atoms with van der Waals surface area (Å²) in [6.07, 6.45) is 4.11. The zero-order chi connectivity index (χ0) is 19.2. The summed E-state index contributed by atoms with van der Waals surface area (Å²) in [6, 6.07) is 14.5. The van der Waals surface area contributed by atoms with Gasteiger partial charge in [-0.05, 0) is 43.2 Å². The lowest BCUT2D eigenvalue weighted by Gasteiger charge is -2.04. The highest BCUT2D eigenvalue weighted by atomic mass is 16.2. The maximum absolute atomic E-state index is 11.9. The van der Waals surface area contributed by atoms with Gasteiger partial charge in [0.15, 0.2) is 0 Å². The lowest BCUT2D eigenvalue weighted by Crippen LogP contribution is -2.36. The summed E-state index contributed by atoms with van der Waals surface area (Å²) < 4.78 is 2.29. The topological polar surface area (TPSA) is 63.1 Å². The molecular formula is C22H25N3O2. The van der Waals surface area contributed by atoms with E-state index in [1.54, 1.807) is 6.08 Å². The van der Waals surface area contributed by atoms with Crippen LogP contribution in [0.5, 0.6) is 0 Å². The Hall–Kier alpha value is -3.08. The van der Waals surface area contributed by atoms with E-state index < -0.39 is 0 Å². The van der Waals surface area contributed by atoms with E-state index in [-0.39, 0.29) is 18.4 Å². The molecule has 0 unspecified atom stereocenters. The third kappa shape index (κ3) is 4.19. The van der Waals surface area contributed by atoms with Gasteiger partial charge in [0.1, 0.15) is 0 Å². The van der Waals surface area contributed by atoms with Crippen LogP contribution in [-0.4, -0.2) is 29.5 Å². The van der Waals surface area contributed by atoms with Crippen molar-refractivity contribution in [3.63, 3.8) is 0 Å². The van der Waals surface area contributed by atoms with E-state index in [1.807, 2.05) is 19.1 Å². The van der Waals surface area contributed by atoms with E-state index >= 15 is 0 Å². The van der Waals surface area contributed by atoms with Gasteiger partial charge in [0.25, 0.3) is 0 Å². The van der Waals surface area contributed by atoms with Gasteiger partial charge >= 0.3 is 0 Å². The van der Waals surface area contributed by atoms with Crippen LogP contribution in [0.4, 0.5) is 0 Å². The van der Waals surface area contributed by atoms with Crippen LogP contribution in [-0.2, 0) is 16.1 Å². The number of carbonyl (C=O) groups excluding carboxylic acids is 2. The summed E-state index contributed by atoms with van der Waals surface area (Å²) >= 11 is 0. The average Bonchev–Trinajstić information content (AvgIpc) is 3.02. The molecule has 0 fully saturated rings. The molecule has 0 saturated carbocycles. The first-order chi connectivity index (χ1) is 13.1. The van der Waals surface area contributed by atoms with E-state index in [9.17, 15) is 9.59 Å². The summed E-state index contributed by atoms with van der Waals surface area (Å²) in [5.74, 6) is -0.454. The van der Waals surface area contributed by atoms with Crippen LogP contribution in [0.15, 0.2) is 48.5 Å². The highest BCUT2D eigenvalue weighted by Crippen LogP contribution is 2.29. The van der Waals surface area contributed by atoms with Gasteiger partial charge in [-0.25, -0.2) is 0 Å². The van der Waals surface area contributed by atoms with Gasteiger partial charge in [0.2, 0.25) is 11.8 Å². The van der Waals surface area contributed by atoms with Crippen LogP contribution in [0.25, 0.3) is 27.9 Å². The Morgan fingerprint density at radius 2 is 1.78 bits per heavy atom. The van der Waals surface area contributed by atoms with Gasteiger partial charge in [-0.3, -0.25) is 9.59 Å². The third-order valence-electron chi connectivity index (χ3n) is 4.54. The SMILES string of the molecule is CCCNC(=O)CNC(=O)/C=C/c1ccc2c(c1)c1ccccc1n2CC. The standard InChI is InChI=1S/C22H25N3O2/c1-3-13-23-22(27)15-24-21(26)12-10-16-9-11-20-18(14-16)17-7-5-6-8-19(17)25(20)4-2/h5-12,14H,3-4,13,15H2,1-2H3,(H,23,27)(H,24,26)/b12-10+. The van der Waals surface area contributed by atoms with Crippen molar-refractivity contribution >= 4 is 39.7 Å². The fraction of sp³-hybridized carbons (Fsp3) is 0.273. The number of rotatable bonds is 7. The number of aryl methyl sites for hydroxylation is 1. The lowest BCUT2D eigenvalue weighted by molar-refractivity contribution is -0.123. The Morgan fingerprint density at radius 3 is 2.56 bits per heavy atom. The second-order valence-electron chi connectivity index (χ2n) is 6.44. The Morgan fingerprint density at radius 1 is 1.00 bits per heavy atom. The summed E-state index contributed by atoms with van der Waals surface area (Å²) in [4.78, 5) is 23.5. The number of carbonyl (C=O) groups is 2. The highest BCUT2D eigenvalue weighted by molar-refractivity contribution is 6.08. The minimum Gasteiger partial charge on any atom is -0.355 e. The summed E-state index contributed by atoms with van der Waals surface area (Å²) in [6.45, 7) is 5.64. The number of hydrogen-bond acceptors (Lipinski definition) is 2. The van der Waals surface area contributed by atoms with Gasteiger partial charge in [0.05, 0.1) is 6.54 Å². The van der Waals surface area contributed by atoms with Crippen LogP contribution >= 0.6 is 0 Å². The van der Waals surface area contributed by atoms with Crippen molar-refractivity contribution in [3.8, 4) is 0 Å². The van der Waals surface area contributed by atoms with Crippen molar-refractivity contribution in [2.45, 2.75) is 26.8 Å². The second kappa shape index (κ2) is 8.54. The smallest absolute Gasteiger partial charge is 0.244 e. The van der Waals surface area contributed by atoms with E-state index in [0.29, 0.717) is 6.54 Å². The molecule has 1 aromatic heterocycles. The molecule has 2 N–H and O–H groups in total. The molecule has 27 heavy (non-hydrogen) atoms. The zero-order valence-electron chi connectivity index (χ0n) is 15.8. The molecule has 0 atom stereocenters. The van der Waals surface area contributed by atoms with Crippen LogP contribution < -0.4 is 10.6 Å². The number of fused-ring (bicyclic) bond motifs is 3. The van der Waals surface area contributed by atoms with E-state index in [4.69, 9.17) is 0 Å². The fourth-order valence-corrected chi connectivity index (χ4v) is 3.24. The summed E-state index contributed by atoms with van der Waals surface area (Å²) in [5, 5.41) is 7.71. The second-order valence-corrected chi connectivity index (χ2v) is 6.44. The number of benzene rings is 2. The van der Waals surface area contributed by atoms with Crippen LogP contribution in [0.2, 0.25) is 0 Å². The van der Waals surface area contributed by atoms with Crippen molar-refractivity contribution in [1.82, 2.24) is 15.2 Å². The van der Waals surface area contributed by atoms with Gasteiger partial charge in [-0.15, -0.1) is 0 Å². The monoisotopic (exact) mass is 363 g/mol. The summed E-state index contributed by atoms with van der Waals surface area (Å²) in [5.41, 5.74) is 3.35. The van der Waals surface area contributed by atoms with Crippen molar-refractivity contribution in [2.75, 3.05) is 13.1 Å². The van der Waals surface area contributed by atoms with Gasteiger partial charge < -0.3 is 15.2 Å². The fourth-order valence-electron chi connectivity index (χ4n) is 3.24. The number of nitrogens with zero attached hydrogens (tertiary/aromatic N) is 1. The van der Waals surface area contributed by atoms with E-state index in [0.717, 1.165) is 18.5 Å². The first-order valence-electron chi connectivity index (χ1n) is 9.37. The molecule has 5 nitrogen and oxygen atoms in total. The normalized spacial score (nSPS) is 11.3.